The van der Waals surface area contributed by atoms with Gasteiger partial charge in [-0.2, -0.15) is 0 Å². The van der Waals surface area contributed by atoms with Gasteiger partial charge < -0.3 is 10.3 Å². The van der Waals surface area contributed by atoms with E-state index in [-0.39, 0.29) is 0 Å². The van der Waals surface area contributed by atoms with E-state index in [0.717, 1.165) is 11.8 Å². The molecule has 6 nitrogen and oxygen atoms in total. The molecule has 0 fully saturated rings. The van der Waals surface area contributed by atoms with Crippen molar-refractivity contribution in [1.29, 1.82) is 0 Å². The van der Waals surface area contributed by atoms with Crippen molar-refractivity contribution >= 4 is 23.3 Å². The smallest absolute Gasteiger partial charge is 0.162 e. The van der Waals surface area contributed by atoms with Crippen molar-refractivity contribution in [3.8, 4) is 0 Å². The Morgan fingerprint density at radius 3 is 2.79 bits per heavy atom. The number of nitrogens with one attached hydrogen (secondary N) is 2. The summed E-state index contributed by atoms with van der Waals surface area (Å²) in [5.41, 5.74) is 3.15. The fraction of sp³-hybridized carbons (Fsp3) is 0.0769. The van der Waals surface area contributed by atoms with E-state index in [9.17, 15) is 4.79 Å². The van der Waals surface area contributed by atoms with E-state index in [1.54, 1.807) is 18.5 Å². The Morgan fingerprint density at radius 2 is 2.00 bits per heavy atom. The number of rotatable bonds is 4. The van der Waals surface area contributed by atoms with Gasteiger partial charge in [0.25, 0.3) is 0 Å². The zero-order valence-corrected chi connectivity index (χ0v) is 10.00. The number of fused-ring (bicyclic) bond motifs is 1. The maximum atomic E-state index is 10.6. The van der Waals surface area contributed by atoms with Gasteiger partial charge in [0.05, 0.1) is 6.33 Å². The minimum absolute atomic E-state index is 0.609. The summed E-state index contributed by atoms with van der Waals surface area (Å²) in [7, 11) is 0. The van der Waals surface area contributed by atoms with E-state index in [1.807, 2.05) is 12.1 Å². The molecule has 0 atom stereocenters. The van der Waals surface area contributed by atoms with Gasteiger partial charge in [-0.3, -0.25) is 4.79 Å². The van der Waals surface area contributed by atoms with E-state index in [1.165, 1.54) is 6.33 Å². The molecule has 6 heteroatoms. The Hall–Kier alpha value is -2.76. The molecular weight excluding hydrogens is 242 g/mol. The Kier molecular flexibility index (Phi) is 2.89. The van der Waals surface area contributed by atoms with Crippen molar-refractivity contribution in [3.63, 3.8) is 0 Å². The first-order chi connectivity index (χ1) is 9.36. The fourth-order valence-corrected chi connectivity index (χ4v) is 1.79. The number of benzene rings is 1. The molecule has 2 N–H and O–H groups in total. The highest BCUT2D eigenvalue weighted by Gasteiger charge is 2.05. The molecule has 0 saturated heterocycles. The highest BCUT2D eigenvalue weighted by atomic mass is 16.1. The van der Waals surface area contributed by atoms with Crippen LogP contribution in [0.15, 0.2) is 36.9 Å². The van der Waals surface area contributed by atoms with Crippen LogP contribution in [0.4, 0.5) is 5.82 Å². The van der Waals surface area contributed by atoms with Crippen LogP contribution in [0.25, 0.3) is 11.2 Å². The molecule has 2 aromatic heterocycles. The summed E-state index contributed by atoms with van der Waals surface area (Å²) in [6, 6.07) is 7.38. The molecule has 1 aromatic carbocycles. The first kappa shape index (κ1) is 11.3. The molecule has 3 aromatic rings. The Balaban J connectivity index is 1.78. The monoisotopic (exact) mass is 253 g/mol. The van der Waals surface area contributed by atoms with E-state index >= 15 is 0 Å². The second kappa shape index (κ2) is 4.85. The summed E-state index contributed by atoms with van der Waals surface area (Å²) < 4.78 is 0. The van der Waals surface area contributed by atoms with Crippen molar-refractivity contribution in [1.82, 2.24) is 19.9 Å². The van der Waals surface area contributed by atoms with Crippen LogP contribution in [0.2, 0.25) is 0 Å². The Labute approximate surface area is 108 Å². The third kappa shape index (κ3) is 2.28. The molecule has 0 radical (unpaired) electrons. The summed E-state index contributed by atoms with van der Waals surface area (Å²) in [6.07, 6.45) is 3.90. The van der Waals surface area contributed by atoms with Crippen LogP contribution in [0.5, 0.6) is 0 Å². The number of carbonyl (C=O) groups is 1. The first-order valence-electron chi connectivity index (χ1n) is 5.79. The maximum Gasteiger partial charge on any atom is 0.162 e. The van der Waals surface area contributed by atoms with Gasteiger partial charge >= 0.3 is 0 Å². The number of hydrogen-bond donors (Lipinski definition) is 2. The molecule has 19 heavy (non-hydrogen) atoms. The van der Waals surface area contributed by atoms with E-state index in [2.05, 4.69) is 25.3 Å². The van der Waals surface area contributed by atoms with Crippen LogP contribution in [-0.4, -0.2) is 26.2 Å². The van der Waals surface area contributed by atoms with Gasteiger partial charge in [-0.05, 0) is 5.56 Å². The van der Waals surface area contributed by atoms with Gasteiger partial charge in [-0.15, -0.1) is 0 Å². The second-order valence-corrected chi connectivity index (χ2v) is 4.04. The predicted molar refractivity (Wildman–Crippen MR) is 70.8 cm³/mol. The lowest BCUT2D eigenvalue weighted by Crippen LogP contribution is -2.02. The number of aromatic nitrogens is 4. The maximum absolute atomic E-state index is 10.6. The number of anilines is 1. The lowest BCUT2D eigenvalue weighted by Gasteiger charge is -2.05. The second-order valence-electron chi connectivity index (χ2n) is 4.04. The molecule has 0 spiro atoms. The van der Waals surface area contributed by atoms with Gasteiger partial charge in [0.15, 0.2) is 11.5 Å². The average molecular weight is 253 g/mol. The number of aromatic amines is 1. The number of nitrogens with zero attached hydrogens (tertiary/aromatic N) is 3. The zero-order chi connectivity index (χ0) is 13.1. The minimum Gasteiger partial charge on any atom is -0.364 e. The third-order valence-electron chi connectivity index (χ3n) is 2.79. The highest BCUT2D eigenvalue weighted by Crippen LogP contribution is 2.15. The highest BCUT2D eigenvalue weighted by molar-refractivity contribution is 5.81. The lowest BCUT2D eigenvalue weighted by molar-refractivity contribution is 0.112. The molecule has 0 amide bonds. The van der Waals surface area contributed by atoms with Crippen LogP contribution >= 0.6 is 0 Å². The summed E-state index contributed by atoms with van der Waals surface area (Å²) in [4.78, 5) is 25.9. The molecule has 0 aliphatic carbocycles. The van der Waals surface area contributed by atoms with Crippen LogP contribution in [0.1, 0.15) is 15.9 Å². The van der Waals surface area contributed by atoms with Gasteiger partial charge in [-0.25, -0.2) is 15.0 Å². The normalized spacial score (nSPS) is 10.5. The van der Waals surface area contributed by atoms with Crippen molar-refractivity contribution in [2.75, 3.05) is 5.32 Å². The quantitative estimate of drug-likeness (QED) is 0.692. The molecule has 0 bridgehead atoms. The van der Waals surface area contributed by atoms with Crippen molar-refractivity contribution in [2.24, 2.45) is 0 Å². The van der Waals surface area contributed by atoms with Gasteiger partial charge in [0.1, 0.15) is 18.1 Å². The number of carbonyl (C=O) groups excluding carboxylic acids is 1. The predicted octanol–water partition coefficient (Wildman–Crippen LogP) is 1.78. The van der Waals surface area contributed by atoms with Crippen LogP contribution in [-0.2, 0) is 6.54 Å². The largest absolute Gasteiger partial charge is 0.364 e. The third-order valence-corrected chi connectivity index (χ3v) is 2.79. The average Bonchev–Trinajstić information content (AvgIpc) is 2.94. The number of imidazole rings is 1. The van der Waals surface area contributed by atoms with Crippen LogP contribution in [0.3, 0.4) is 0 Å². The number of hydrogen-bond acceptors (Lipinski definition) is 5. The summed E-state index contributed by atoms with van der Waals surface area (Å²) in [6.45, 7) is 0.609. The SMILES string of the molecule is O=Cc1ccc(CNc2ncnc3[nH]cnc23)cc1. The van der Waals surface area contributed by atoms with Crippen LogP contribution < -0.4 is 5.32 Å². The Bertz CT molecular complexity index is 704. The van der Waals surface area contributed by atoms with Crippen LogP contribution in [0, 0.1) is 0 Å². The van der Waals surface area contributed by atoms with Crippen molar-refractivity contribution in [2.45, 2.75) is 6.54 Å². The molecule has 0 aliphatic heterocycles. The molecule has 2 heterocycles. The molecular formula is C13H11N5O. The van der Waals surface area contributed by atoms with Crippen molar-refractivity contribution in [3.05, 3.63) is 48.0 Å². The molecule has 94 valence electrons. The van der Waals surface area contributed by atoms with Gasteiger partial charge in [0, 0.05) is 12.1 Å². The van der Waals surface area contributed by atoms with Gasteiger partial charge in [0.2, 0.25) is 0 Å². The summed E-state index contributed by atoms with van der Waals surface area (Å²) in [5, 5.41) is 3.21. The molecule has 0 saturated carbocycles. The zero-order valence-electron chi connectivity index (χ0n) is 10.00. The first-order valence-corrected chi connectivity index (χ1v) is 5.79. The molecule has 0 aliphatic rings. The minimum atomic E-state index is 0.609. The number of H-pyrrole nitrogens is 1. The molecule has 3 rings (SSSR count). The summed E-state index contributed by atoms with van der Waals surface area (Å²) in [5.74, 6) is 0.686. The van der Waals surface area contributed by atoms with E-state index in [0.29, 0.717) is 29.1 Å². The fourth-order valence-electron chi connectivity index (χ4n) is 1.79. The molecule has 0 unspecified atom stereocenters. The van der Waals surface area contributed by atoms with Gasteiger partial charge in [-0.1, -0.05) is 24.3 Å². The van der Waals surface area contributed by atoms with E-state index < -0.39 is 0 Å². The summed E-state index contributed by atoms with van der Waals surface area (Å²) >= 11 is 0. The number of aldehydes is 1. The topological polar surface area (TPSA) is 83.6 Å². The lowest BCUT2D eigenvalue weighted by atomic mass is 10.1. The Morgan fingerprint density at radius 1 is 1.16 bits per heavy atom. The van der Waals surface area contributed by atoms with Crippen molar-refractivity contribution < 1.29 is 4.79 Å². The van der Waals surface area contributed by atoms with E-state index in [4.69, 9.17) is 0 Å². The standard InChI is InChI=1S/C13H11N5O/c19-6-10-3-1-9(2-4-10)5-14-12-11-13(16-7-15-11)18-8-17-12/h1-4,6-8H,5H2,(H2,14,15,16,17,18).